The largest absolute Gasteiger partial charge is 0.394 e. The molecule has 0 radical (unpaired) electrons. The molecule has 2 aromatic heterocycles. The van der Waals surface area contributed by atoms with Crippen molar-refractivity contribution in [2.24, 2.45) is 5.92 Å². The van der Waals surface area contributed by atoms with Crippen molar-refractivity contribution in [3.8, 4) is 11.4 Å². The fourth-order valence-corrected chi connectivity index (χ4v) is 3.87. The number of aliphatic hydroxyl groups is 1. The molecule has 2 aromatic carbocycles. The van der Waals surface area contributed by atoms with Gasteiger partial charge >= 0.3 is 0 Å². The van der Waals surface area contributed by atoms with Gasteiger partial charge < -0.3 is 15.0 Å². The summed E-state index contributed by atoms with van der Waals surface area (Å²) in [5, 5.41) is 12.9. The average Bonchev–Trinajstić information content (AvgIpc) is 3.18. The maximum absolute atomic E-state index is 13.9. The van der Waals surface area contributed by atoms with Crippen molar-refractivity contribution < 1.29 is 18.3 Å². The van der Waals surface area contributed by atoms with Gasteiger partial charge in [-0.1, -0.05) is 19.9 Å². The first-order chi connectivity index (χ1) is 16.7. The smallest absolute Gasteiger partial charge is 0.283 e. The van der Waals surface area contributed by atoms with Crippen LogP contribution in [0.1, 0.15) is 26.3 Å². The van der Waals surface area contributed by atoms with E-state index < -0.39 is 23.0 Å². The molecule has 2 N–H and O–H groups in total. The maximum atomic E-state index is 13.9. The molecule has 1 atom stereocenters. The van der Waals surface area contributed by atoms with Gasteiger partial charge in [-0.05, 0) is 54.8 Å². The summed E-state index contributed by atoms with van der Waals surface area (Å²) in [4.78, 5) is 22.6. The summed E-state index contributed by atoms with van der Waals surface area (Å²) in [5.74, 6) is -1.76. The van der Waals surface area contributed by atoms with E-state index in [1.165, 1.54) is 34.9 Å². The Balaban J connectivity index is 1.96. The van der Waals surface area contributed by atoms with Gasteiger partial charge in [0.15, 0.2) is 22.8 Å². The molecule has 0 aliphatic carbocycles. The van der Waals surface area contributed by atoms with E-state index in [1.807, 2.05) is 13.8 Å². The molecule has 10 heteroatoms. The highest BCUT2D eigenvalue weighted by atomic mass is 19.2. The summed E-state index contributed by atoms with van der Waals surface area (Å²) < 4.78 is 44.1. The van der Waals surface area contributed by atoms with Crippen molar-refractivity contribution in [2.75, 3.05) is 11.9 Å². The molecule has 2 heterocycles. The highest BCUT2D eigenvalue weighted by molar-refractivity contribution is 5.78. The summed E-state index contributed by atoms with van der Waals surface area (Å²) in [7, 11) is 0. The lowest BCUT2D eigenvalue weighted by atomic mass is 10.1. The van der Waals surface area contributed by atoms with E-state index in [9.17, 15) is 23.1 Å². The number of nitrogens with one attached hydrogen (secondary N) is 1. The summed E-state index contributed by atoms with van der Waals surface area (Å²) in [6, 6.07) is 8.78. The van der Waals surface area contributed by atoms with Crippen LogP contribution in [0.25, 0.3) is 22.6 Å². The van der Waals surface area contributed by atoms with Crippen LogP contribution in [0.15, 0.2) is 47.3 Å². The molecule has 0 aliphatic rings. The summed E-state index contributed by atoms with van der Waals surface area (Å²) in [6.07, 6.45) is 0. The Morgan fingerprint density at radius 1 is 1.00 bits per heavy atom. The molecule has 184 valence electrons. The molecule has 0 aliphatic heterocycles. The first-order valence-electron chi connectivity index (χ1n) is 11.3. The second-order valence-corrected chi connectivity index (χ2v) is 8.61. The second kappa shape index (κ2) is 9.91. The van der Waals surface area contributed by atoms with Gasteiger partial charge in [-0.3, -0.25) is 9.36 Å². The van der Waals surface area contributed by atoms with Crippen LogP contribution in [-0.2, 0) is 13.1 Å². The first kappa shape index (κ1) is 24.5. The Bertz CT molecular complexity index is 1410. The van der Waals surface area contributed by atoms with Gasteiger partial charge in [0, 0.05) is 12.1 Å². The van der Waals surface area contributed by atoms with Crippen molar-refractivity contribution in [3.05, 3.63) is 75.8 Å². The molecule has 0 amide bonds. The minimum Gasteiger partial charge on any atom is -0.394 e. The highest BCUT2D eigenvalue weighted by Crippen LogP contribution is 2.26. The maximum Gasteiger partial charge on any atom is 0.283 e. The molecule has 35 heavy (non-hydrogen) atoms. The van der Waals surface area contributed by atoms with Gasteiger partial charge in [0.25, 0.3) is 5.56 Å². The Hall–Kier alpha value is -3.66. The molecule has 0 fully saturated rings. The normalized spacial score (nSPS) is 12.5. The van der Waals surface area contributed by atoms with Gasteiger partial charge in [0.2, 0.25) is 5.95 Å². The third-order valence-electron chi connectivity index (χ3n) is 5.92. The van der Waals surface area contributed by atoms with E-state index in [1.54, 1.807) is 11.5 Å². The van der Waals surface area contributed by atoms with Gasteiger partial charge in [0.05, 0.1) is 19.2 Å². The van der Waals surface area contributed by atoms with Gasteiger partial charge in [0.1, 0.15) is 11.6 Å². The summed E-state index contributed by atoms with van der Waals surface area (Å²) in [6.45, 7) is 5.84. The lowest BCUT2D eigenvalue weighted by Gasteiger charge is -2.22. The SMILES string of the molecule is CCn1c(N[C@@H](CO)C(C)C)nc2c(nc(-c3ccc(F)cc3)n2Cc2ccc(F)c(F)c2)c1=O. The van der Waals surface area contributed by atoms with Crippen LogP contribution in [0.4, 0.5) is 19.1 Å². The number of imidazole rings is 1. The Labute approximate surface area is 199 Å². The molecule has 0 bridgehead atoms. The predicted molar refractivity (Wildman–Crippen MR) is 128 cm³/mol. The number of benzene rings is 2. The van der Waals surface area contributed by atoms with E-state index in [4.69, 9.17) is 0 Å². The monoisotopic (exact) mass is 485 g/mol. The van der Waals surface area contributed by atoms with Gasteiger partial charge in [-0.25, -0.2) is 18.2 Å². The minimum atomic E-state index is -0.998. The number of rotatable bonds is 8. The molecular weight excluding hydrogens is 459 g/mol. The fourth-order valence-electron chi connectivity index (χ4n) is 3.87. The van der Waals surface area contributed by atoms with E-state index >= 15 is 0 Å². The molecule has 0 unspecified atom stereocenters. The quantitative estimate of drug-likeness (QED) is 0.391. The number of hydrogen-bond acceptors (Lipinski definition) is 5. The molecule has 0 saturated carbocycles. The lowest BCUT2D eigenvalue weighted by Crippen LogP contribution is -2.34. The third kappa shape index (κ3) is 4.79. The van der Waals surface area contributed by atoms with E-state index in [2.05, 4.69) is 15.3 Å². The molecule has 4 rings (SSSR count). The van der Waals surface area contributed by atoms with Crippen LogP contribution < -0.4 is 10.9 Å². The number of aromatic nitrogens is 4. The Kier molecular flexibility index (Phi) is 6.93. The lowest BCUT2D eigenvalue weighted by molar-refractivity contribution is 0.248. The fraction of sp³-hybridized carbons (Fsp3) is 0.320. The van der Waals surface area contributed by atoms with Crippen LogP contribution in [0.2, 0.25) is 0 Å². The van der Waals surface area contributed by atoms with Gasteiger partial charge in [-0.2, -0.15) is 4.98 Å². The molecule has 0 saturated heterocycles. The number of hydrogen-bond donors (Lipinski definition) is 2. The van der Waals surface area contributed by atoms with Gasteiger partial charge in [-0.15, -0.1) is 0 Å². The number of aliphatic hydroxyl groups excluding tert-OH is 1. The summed E-state index contributed by atoms with van der Waals surface area (Å²) in [5.41, 5.74) is 0.876. The average molecular weight is 486 g/mol. The van der Waals surface area contributed by atoms with E-state index in [0.717, 1.165) is 12.1 Å². The van der Waals surface area contributed by atoms with Crippen LogP contribution in [0.5, 0.6) is 0 Å². The van der Waals surface area contributed by atoms with Crippen LogP contribution in [-0.4, -0.2) is 36.9 Å². The number of anilines is 1. The Morgan fingerprint density at radius 3 is 2.31 bits per heavy atom. The number of halogens is 3. The zero-order chi connectivity index (χ0) is 25.3. The van der Waals surface area contributed by atoms with E-state index in [0.29, 0.717) is 23.5 Å². The van der Waals surface area contributed by atoms with Crippen LogP contribution in [0.3, 0.4) is 0 Å². The Morgan fingerprint density at radius 2 is 1.71 bits per heavy atom. The zero-order valence-corrected chi connectivity index (χ0v) is 19.6. The molecule has 7 nitrogen and oxygen atoms in total. The topological polar surface area (TPSA) is 85.0 Å². The molecule has 4 aromatic rings. The van der Waals surface area contributed by atoms with Crippen molar-refractivity contribution in [1.29, 1.82) is 0 Å². The number of fused-ring (bicyclic) bond motifs is 1. The van der Waals surface area contributed by atoms with Crippen LogP contribution in [0, 0.1) is 23.4 Å². The molecule has 0 spiro atoms. The zero-order valence-electron chi connectivity index (χ0n) is 19.6. The first-order valence-corrected chi connectivity index (χ1v) is 11.3. The van der Waals surface area contributed by atoms with Crippen molar-refractivity contribution in [3.63, 3.8) is 0 Å². The van der Waals surface area contributed by atoms with Crippen molar-refractivity contribution in [2.45, 2.75) is 39.9 Å². The summed E-state index contributed by atoms with van der Waals surface area (Å²) >= 11 is 0. The third-order valence-corrected chi connectivity index (χ3v) is 5.92. The predicted octanol–water partition coefficient (Wildman–Crippen LogP) is 4.17. The highest BCUT2D eigenvalue weighted by Gasteiger charge is 2.22. The van der Waals surface area contributed by atoms with Crippen molar-refractivity contribution in [1.82, 2.24) is 19.1 Å². The van der Waals surface area contributed by atoms with E-state index in [-0.39, 0.29) is 42.2 Å². The minimum absolute atomic E-state index is 0.0377. The molecular formula is C25H26F3N5O2. The second-order valence-electron chi connectivity index (χ2n) is 8.61. The van der Waals surface area contributed by atoms with Crippen LogP contribution >= 0.6 is 0 Å². The van der Waals surface area contributed by atoms with Crippen molar-refractivity contribution >= 4 is 17.1 Å². The number of nitrogens with zero attached hydrogens (tertiary/aromatic N) is 4. The standard InChI is InChI=1S/C25H26F3N5O2/c1-4-32-24(35)21-23(31-25(32)29-20(13-34)14(2)3)33(12-15-5-10-18(27)19(28)11-15)22(30-21)16-6-8-17(26)9-7-16/h5-11,14,20,34H,4,12-13H2,1-3H3,(H,29,31)/t20-/m0/s1.